The Kier molecular flexibility index (Phi) is 1.84. The maximum absolute atomic E-state index is 2.42. The Bertz CT molecular complexity index is 260. The average Bonchev–Trinajstić information content (AvgIpc) is 2.33. The SMILES string of the molecule is CC1=CCC2=C1CN(C)C[C@@H]2C. The summed E-state index contributed by atoms with van der Waals surface area (Å²) >= 11 is 0. The Balaban J connectivity index is 2.30. The van der Waals surface area contributed by atoms with Crippen molar-refractivity contribution in [2.45, 2.75) is 20.3 Å². The zero-order chi connectivity index (χ0) is 8.72. The molecule has 1 aliphatic carbocycles. The molecule has 1 heterocycles. The van der Waals surface area contributed by atoms with Gasteiger partial charge in [-0.3, -0.25) is 0 Å². The van der Waals surface area contributed by atoms with Crippen molar-refractivity contribution in [2.24, 2.45) is 5.92 Å². The van der Waals surface area contributed by atoms with Gasteiger partial charge in [-0.25, -0.2) is 0 Å². The van der Waals surface area contributed by atoms with Gasteiger partial charge in [-0.05, 0) is 31.9 Å². The highest BCUT2D eigenvalue weighted by Crippen LogP contribution is 2.34. The molecule has 0 aromatic rings. The van der Waals surface area contributed by atoms with Crippen LogP contribution < -0.4 is 0 Å². The maximum Gasteiger partial charge on any atom is 0.0233 e. The third kappa shape index (κ3) is 1.13. The second-order valence-electron chi connectivity index (χ2n) is 4.19. The second kappa shape index (κ2) is 2.74. The Labute approximate surface area is 74.8 Å². The molecule has 0 fully saturated rings. The zero-order valence-corrected chi connectivity index (χ0v) is 8.22. The fraction of sp³-hybridized carbons (Fsp3) is 0.636. The predicted octanol–water partition coefficient (Wildman–Crippen LogP) is 2.21. The van der Waals surface area contributed by atoms with Crippen LogP contribution in [0.2, 0.25) is 0 Å². The zero-order valence-electron chi connectivity index (χ0n) is 8.22. The van der Waals surface area contributed by atoms with Crippen LogP contribution in [0.25, 0.3) is 0 Å². The number of nitrogens with zero attached hydrogens (tertiary/aromatic N) is 1. The van der Waals surface area contributed by atoms with E-state index in [-0.39, 0.29) is 0 Å². The number of likely N-dealkylation sites (N-methyl/N-ethyl adjacent to an activating group) is 1. The smallest absolute Gasteiger partial charge is 0.0233 e. The minimum Gasteiger partial charge on any atom is -0.302 e. The molecule has 1 nitrogen and oxygen atoms in total. The van der Waals surface area contributed by atoms with Crippen molar-refractivity contribution in [2.75, 3.05) is 20.1 Å². The molecule has 0 spiro atoms. The van der Waals surface area contributed by atoms with Crippen LogP contribution in [0, 0.1) is 5.92 Å². The van der Waals surface area contributed by atoms with Crippen LogP contribution >= 0.6 is 0 Å². The molecule has 0 unspecified atom stereocenters. The first kappa shape index (κ1) is 8.06. The Morgan fingerprint density at radius 2 is 2.25 bits per heavy atom. The summed E-state index contributed by atoms with van der Waals surface area (Å²) < 4.78 is 0. The molecule has 0 aromatic heterocycles. The lowest BCUT2D eigenvalue weighted by Crippen LogP contribution is -2.32. The van der Waals surface area contributed by atoms with Gasteiger partial charge in [-0.1, -0.05) is 24.1 Å². The summed E-state index contributed by atoms with van der Waals surface area (Å²) in [6.45, 7) is 6.99. The minimum absolute atomic E-state index is 0.771. The highest BCUT2D eigenvalue weighted by molar-refractivity contribution is 5.44. The third-order valence-electron chi connectivity index (χ3n) is 3.10. The van der Waals surface area contributed by atoms with Crippen molar-refractivity contribution in [1.29, 1.82) is 0 Å². The van der Waals surface area contributed by atoms with Gasteiger partial charge in [0.2, 0.25) is 0 Å². The highest BCUT2D eigenvalue weighted by Gasteiger charge is 2.25. The monoisotopic (exact) mass is 163 g/mol. The van der Waals surface area contributed by atoms with Gasteiger partial charge in [-0.15, -0.1) is 0 Å². The summed E-state index contributed by atoms with van der Waals surface area (Å²) in [5, 5.41) is 0. The number of allylic oxidation sites excluding steroid dienone is 1. The fourth-order valence-corrected chi connectivity index (χ4v) is 2.40. The van der Waals surface area contributed by atoms with E-state index in [0.29, 0.717) is 0 Å². The lowest BCUT2D eigenvalue weighted by Gasteiger charge is -2.30. The van der Waals surface area contributed by atoms with Gasteiger partial charge in [0.05, 0.1) is 0 Å². The molecule has 0 amide bonds. The van der Waals surface area contributed by atoms with E-state index in [1.54, 1.807) is 11.1 Å². The number of hydrogen-bond donors (Lipinski definition) is 0. The van der Waals surface area contributed by atoms with Gasteiger partial charge in [-0.2, -0.15) is 0 Å². The Morgan fingerprint density at radius 1 is 1.50 bits per heavy atom. The van der Waals surface area contributed by atoms with Gasteiger partial charge in [0.15, 0.2) is 0 Å². The molecule has 1 aliphatic heterocycles. The molecular formula is C11H17N. The Hall–Kier alpha value is -0.560. The fourth-order valence-electron chi connectivity index (χ4n) is 2.40. The van der Waals surface area contributed by atoms with Crippen LogP contribution in [-0.4, -0.2) is 25.0 Å². The molecule has 0 N–H and O–H groups in total. The van der Waals surface area contributed by atoms with Gasteiger partial charge < -0.3 is 4.90 Å². The van der Waals surface area contributed by atoms with Crippen LogP contribution in [0.15, 0.2) is 22.8 Å². The van der Waals surface area contributed by atoms with Crippen LogP contribution in [0.4, 0.5) is 0 Å². The molecule has 12 heavy (non-hydrogen) atoms. The summed E-state index contributed by atoms with van der Waals surface area (Å²) in [6.07, 6.45) is 3.59. The molecule has 0 aromatic carbocycles. The van der Waals surface area contributed by atoms with E-state index < -0.39 is 0 Å². The topological polar surface area (TPSA) is 3.24 Å². The predicted molar refractivity (Wildman–Crippen MR) is 52.1 cm³/mol. The normalized spacial score (nSPS) is 30.6. The standard InChI is InChI=1S/C11H17N/c1-8-4-5-10-9(2)6-12(3)7-11(8)10/h4,9H,5-7H2,1-3H3/t9-/m0/s1. The maximum atomic E-state index is 2.42. The first-order chi connectivity index (χ1) is 5.68. The number of hydrogen-bond acceptors (Lipinski definition) is 1. The lowest BCUT2D eigenvalue weighted by atomic mass is 9.91. The summed E-state index contributed by atoms with van der Waals surface area (Å²) in [4.78, 5) is 2.42. The summed E-state index contributed by atoms with van der Waals surface area (Å²) in [5.74, 6) is 0.771. The molecule has 0 saturated heterocycles. The molecule has 0 saturated carbocycles. The third-order valence-corrected chi connectivity index (χ3v) is 3.10. The van der Waals surface area contributed by atoms with Crippen molar-refractivity contribution in [1.82, 2.24) is 4.90 Å². The van der Waals surface area contributed by atoms with Gasteiger partial charge >= 0.3 is 0 Å². The van der Waals surface area contributed by atoms with E-state index >= 15 is 0 Å². The van der Waals surface area contributed by atoms with E-state index in [4.69, 9.17) is 0 Å². The summed E-state index contributed by atoms with van der Waals surface area (Å²) in [6, 6.07) is 0. The lowest BCUT2D eigenvalue weighted by molar-refractivity contribution is 0.304. The van der Waals surface area contributed by atoms with E-state index in [2.05, 4.69) is 31.9 Å². The van der Waals surface area contributed by atoms with E-state index in [9.17, 15) is 0 Å². The first-order valence-electron chi connectivity index (χ1n) is 4.76. The van der Waals surface area contributed by atoms with Gasteiger partial charge in [0.1, 0.15) is 0 Å². The van der Waals surface area contributed by atoms with Gasteiger partial charge in [0.25, 0.3) is 0 Å². The molecule has 1 atom stereocenters. The van der Waals surface area contributed by atoms with E-state index in [0.717, 1.165) is 5.92 Å². The van der Waals surface area contributed by atoms with E-state index in [1.165, 1.54) is 25.1 Å². The summed E-state index contributed by atoms with van der Waals surface area (Å²) in [5.41, 5.74) is 4.84. The molecule has 0 bridgehead atoms. The van der Waals surface area contributed by atoms with Crippen LogP contribution in [0.5, 0.6) is 0 Å². The molecule has 2 rings (SSSR count). The van der Waals surface area contributed by atoms with Crippen LogP contribution in [0.1, 0.15) is 20.3 Å². The quantitative estimate of drug-likeness (QED) is 0.529. The van der Waals surface area contributed by atoms with Crippen molar-refractivity contribution >= 4 is 0 Å². The van der Waals surface area contributed by atoms with Crippen molar-refractivity contribution in [3.63, 3.8) is 0 Å². The largest absolute Gasteiger partial charge is 0.302 e. The second-order valence-corrected chi connectivity index (χ2v) is 4.19. The van der Waals surface area contributed by atoms with Crippen molar-refractivity contribution in [3.8, 4) is 0 Å². The molecule has 1 heteroatoms. The molecule has 0 radical (unpaired) electrons. The highest BCUT2D eigenvalue weighted by atomic mass is 15.1. The molecule has 2 aliphatic rings. The van der Waals surface area contributed by atoms with E-state index in [1.807, 2.05) is 0 Å². The van der Waals surface area contributed by atoms with Crippen molar-refractivity contribution in [3.05, 3.63) is 22.8 Å². The van der Waals surface area contributed by atoms with Crippen molar-refractivity contribution < 1.29 is 0 Å². The average molecular weight is 163 g/mol. The number of rotatable bonds is 0. The molecule has 66 valence electrons. The first-order valence-corrected chi connectivity index (χ1v) is 4.76. The van der Waals surface area contributed by atoms with Crippen LogP contribution in [0.3, 0.4) is 0 Å². The van der Waals surface area contributed by atoms with Gasteiger partial charge in [0, 0.05) is 13.1 Å². The minimum atomic E-state index is 0.771. The Morgan fingerprint density at radius 3 is 3.00 bits per heavy atom. The molecular weight excluding hydrogens is 146 g/mol. The summed E-state index contributed by atoms with van der Waals surface area (Å²) in [7, 11) is 2.21. The van der Waals surface area contributed by atoms with Crippen LogP contribution in [-0.2, 0) is 0 Å².